The van der Waals surface area contributed by atoms with Crippen LogP contribution < -0.4 is 4.74 Å². The van der Waals surface area contributed by atoms with E-state index in [4.69, 9.17) is 4.74 Å². The predicted molar refractivity (Wildman–Crippen MR) is 106 cm³/mol. The Bertz CT molecular complexity index is 769. The minimum atomic E-state index is 0.132. The van der Waals surface area contributed by atoms with Crippen LogP contribution in [0.2, 0.25) is 0 Å². The Morgan fingerprint density at radius 3 is 2.88 bits per heavy atom. The summed E-state index contributed by atoms with van der Waals surface area (Å²) in [6.45, 7) is 10.5. The number of ether oxygens (including phenoxy) is 1. The number of thiazole rings is 1. The minimum absolute atomic E-state index is 0.132. The summed E-state index contributed by atoms with van der Waals surface area (Å²) in [5.41, 5.74) is 2.06. The summed E-state index contributed by atoms with van der Waals surface area (Å²) in [7, 11) is 0. The van der Waals surface area contributed by atoms with E-state index in [1.54, 1.807) is 11.3 Å². The zero-order chi connectivity index (χ0) is 18.7. The first-order chi connectivity index (χ1) is 12.4. The molecule has 1 amide bonds. The highest BCUT2D eigenvalue weighted by Gasteiger charge is 2.27. The number of aryl methyl sites for hydroxylation is 2. The largest absolute Gasteiger partial charge is 0.493 e. The zero-order valence-electron chi connectivity index (χ0n) is 16.1. The van der Waals surface area contributed by atoms with Gasteiger partial charge in [0.2, 0.25) is 0 Å². The number of benzene rings is 1. The Labute approximate surface area is 160 Å². The van der Waals surface area contributed by atoms with E-state index in [2.05, 4.69) is 37.9 Å². The lowest BCUT2D eigenvalue weighted by Gasteiger charge is -2.32. The van der Waals surface area contributed by atoms with Gasteiger partial charge in [0.25, 0.3) is 5.91 Å². The molecule has 1 fully saturated rings. The number of carbonyl (C=O) groups is 1. The second-order valence-corrected chi connectivity index (χ2v) is 8.54. The van der Waals surface area contributed by atoms with Crippen molar-refractivity contribution in [3.05, 3.63) is 45.4 Å². The third-order valence-electron chi connectivity index (χ3n) is 4.78. The number of likely N-dealkylation sites (tertiary alicyclic amines) is 1. The van der Waals surface area contributed by atoms with E-state index < -0.39 is 0 Å². The highest BCUT2D eigenvalue weighted by Crippen LogP contribution is 2.27. The zero-order valence-corrected chi connectivity index (χ0v) is 16.9. The highest BCUT2D eigenvalue weighted by molar-refractivity contribution is 7.13. The predicted octanol–water partition coefficient (Wildman–Crippen LogP) is 4.81. The molecule has 0 aliphatic carbocycles. The average Bonchev–Trinajstić information content (AvgIpc) is 3.02. The second kappa shape index (κ2) is 8.21. The monoisotopic (exact) mass is 372 g/mol. The van der Waals surface area contributed by atoms with Gasteiger partial charge in [-0.15, -0.1) is 11.3 Å². The van der Waals surface area contributed by atoms with E-state index in [1.807, 2.05) is 24.0 Å². The van der Waals surface area contributed by atoms with E-state index in [1.165, 1.54) is 5.56 Å². The molecule has 4 nitrogen and oxygen atoms in total. The molecule has 1 aliphatic heterocycles. The van der Waals surface area contributed by atoms with Gasteiger partial charge < -0.3 is 9.64 Å². The number of hydrogen-bond acceptors (Lipinski definition) is 4. The molecule has 26 heavy (non-hydrogen) atoms. The molecule has 0 unspecified atom stereocenters. The molecule has 0 N–H and O–H groups in total. The number of amides is 1. The van der Waals surface area contributed by atoms with Crippen molar-refractivity contribution in [2.75, 3.05) is 19.7 Å². The summed E-state index contributed by atoms with van der Waals surface area (Å²) in [5, 5.41) is 1.04. The summed E-state index contributed by atoms with van der Waals surface area (Å²) >= 11 is 1.55. The highest BCUT2D eigenvalue weighted by atomic mass is 32.1. The maximum atomic E-state index is 13.0. The SMILES string of the molecule is Cc1cccc(OC[C@H]2CCCN(C(=O)c3sc(C(C)C)nc3C)C2)c1. The smallest absolute Gasteiger partial charge is 0.265 e. The van der Waals surface area contributed by atoms with E-state index in [0.29, 0.717) is 18.4 Å². The molecule has 1 aromatic carbocycles. The van der Waals surface area contributed by atoms with Crippen LogP contribution >= 0.6 is 11.3 Å². The number of nitrogens with zero attached hydrogens (tertiary/aromatic N) is 2. The molecule has 0 spiro atoms. The van der Waals surface area contributed by atoms with Crippen molar-refractivity contribution in [1.29, 1.82) is 0 Å². The van der Waals surface area contributed by atoms with Gasteiger partial charge >= 0.3 is 0 Å². The van der Waals surface area contributed by atoms with Crippen LogP contribution in [0.4, 0.5) is 0 Å². The van der Waals surface area contributed by atoms with Gasteiger partial charge in [0.1, 0.15) is 10.6 Å². The average molecular weight is 373 g/mol. The van der Waals surface area contributed by atoms with Gasteiger partial charge in [0.05, 0.1) is 17.3 Å². The van der Waals surface area contributed by atoms with Crippen LogP contribution in [0, 0.1) is 19.8 Å². The molecule has 0 bridgehead atoms. The molecule has 1 atom stereocenters. The fourth-order valence-electron chi connectivity index (χ4n) is 3.31. The van der Waals surface area contributed by atoms with Gasteiger partial charge in [-0.05, 0) is 44.4 Å². The molecule has 1 saturated heterocycles. The molecule has 3 rings (SSSR count). The van der Waals surface area contributed by atoms with Gasteiger partial charge in [0, 0.05) is 24.9 Å². The Morgan fingerprint density at radius 2 is 2.19 bits per heavy atom. The second-order valence-electron chi connectivity index (χ2n) is 7.51. The molecule has 1 aliphatic rings. The van der Waals surface area contributed by atoms with E-state index in [9.17, 15) is 4.79 Å². The Balaban J connectivity index is 1.61. The van der Waals surface area contributed by atoms with Gasteiger partial charge in [-0.1, -0.05) is 26.0 Å². The standard InChI is InChI=1S/C21H28N2O2S/c1-14(2)20-22-16(4)19(26-20)21(24)23-10-6-8-17(12-23)13-25-18-9-5-7-15(3)11-18/h5,7,9,11,14,17H,6,8,10,12-13H2,1-4H3/t17-/m0/s1. The van der Waals surface area contributed by atoms with Gasteiger partial charge in [-0.25, -0.2) is 4.98 Å². The first-order valence-corrected chi connectivity index (χ1v) is 10.2. The van der Waals surface area contributed by atoms with E-state index in [0.717, 1.165) is 47.3 Å². The van der Waals surface area contributed by atoms with Crippen LogP contribution in [0.15, 0.2) is 24.3 Å². The molecule has 1 aromatic heterocycles. The number of carbonyl (C=O) groups excluding carboxylic acids is 1. The molecule has 140 valence electrons. The third kappa shape index (κ3) is 4.44. The van der Waals surface area contributed by atoms with E-state index in [-0.39, 0.29) is 5.91 Å². The lowest BCUT2D eigenvalue weighted by molar-refractivity contribution is 0.0637. The summed E-state index contributed by atoms with van der Waals surface area (Å²) in [5.74, 6) is 1.78. The van der Waals surface area contributed by atoms with Crippen LogP contribution in [0.25, 0.3) is 0 Å². The summed E-state index contributed by atoms with van der Waals surface area (Å²) in [6, 6.07) is 8.13. The quantitative estimate of drug-likeness (QED) is 0.756. The molecule has 5 heteroatoms. The number of piperidine rings is 1. The van der Waals surface area contributed by atoms with Gasteiger partial charge in [-0.2, -0.15) is 0 Å². The third-order valence-corrected chi connectivity index (χ3v) is 6.23. The first-order valence-electron chi connectivity index (χ1n) is 9.40. The summed E-state index contributed by atoms with van der Waals surface area (Å²) in [6.07, 6.45) is 2.14. The van der Waals surface area contributed by atoms with Crippen molar-refractivity contribution in [1.82, 2.24) is 9.88 Å². The molecular formula is C21H28N2O2S. The van der Waals surface area contributed by atoms with Crippen LogP contribution in [0.5, 0.6) is 5.75 Å². The lowest BCUT2D eigenvalue weighted by Crippen LogP contribution is -2.41. The maximum absolute atomic E-state index is 13.0. The van der Waals surface area contributed by atoms with Crippen molar-refractivity contribution >= 4 is 17.2 Å². The summed E-state index contributed by atoms with van der Waals surface area (Å²) < 4.78 is 5.97. The normalized spacial score (nSPS) is 17.6. The van der Waals surface area contributed by atoms with Gasteiger partial charge in [-0.3, -0.25) is 4.79 Å². The van der Waals surface area contributed by atoms with Crippen LogP contribution in [-0.2, 0) is 0 Å². The van der Waals surface area contributed by atoms with Crippen molar-refractivity contribution < 1.29 is 9.53 Å². The van der Waals surface area contributed by atoms with Crippen molar-refractivity contribution in [2.45, 2.75) is 46.5 Å². The maximum Gasteiger partial charge on any atom is 0.265 e. The van der Waals surface area contributed by atoms with Gasteiger partial charge in [0.15, 0.2) is 0 Å². The molecule has 2 aromatic rings. The fourth-order valence-corrected chi connectivity index (χ4v) is 4.35. The minimum Gasteiger partial charge on any atom is -0.493 e. The van der Waals surface area contributed by atoms with Crippen LogP contribution in [0.3, 0.4) is 0 Å². The van der Waals surface area contributed by atoms with Crippen LogP contribution in [0.1, 0.15) is 58.5 Å². The van der Waals surface area contributed by atoms with E-state index >= 15 is 0 Å². The van der Waals surface area contributed by atoms with Crippen molar-refractivity contribution in [3.8, 4) is 5.75 Å². The number of aromatic nitrogens is 1. The molecule has 0 radical (unpaired) electrons. The summed E-state index contributed by atoms with van der Waals surface area (Å²) in [4.78, 5) is 20.3. The number of rotatable bonds is 5. The van der Waals surface area contributed by atoms with Crippen molar-refractivity contribution in [3.63, 3.8) is 0 Å². The topological polar surface area (TPSA) is 42.4 Å². The Morgan fingerprint density at radius 1 is 1.38 bits per heavy atom. The fraction of sp³-hybridized carbons (Fsp3) is 0.524. The molecule has 0 saturated carbocycles. The van der Waals surface area contributed by atoms with Crippen LogP contribution in [-0.4, -0.2) is 35.5 Å². The van der Waals surface area contributed by atoms with Crippen molar-refractivity contribution in [2.24, 2.45) is 5.92 Å². The molecule has 2 heterocycles. The lowest BCUT2D eigenvalue weighted by atomic mass is 9.98. The Kier molecular flexibility index (Phi) is 5.97. The Hall–Kier alpha value is -1.88. The molecular weight excluding hydrogens is 344 g/mol. The number of hydrogen-bond donors (Lipinski definition) is 0. The first kappa shape index (κ1) is 18.9.